The minimum atomic E-state index is 0.0402. The number of ether oxygens (including phenoxy) is 1. The van der Waals surface area contributed by atoms with Gasteiger partial charge in [0.15, 0.2) is 0 Å². The van der Waals surface area contributed by atoms with Crippen molar-refractivity contribution < 1.29 is 9.53 Å². The summed E-state index contributed by atoms with van der Waals surface area (Å²) >= 11 is 0. The van der Waals surface area contributed by atoms with Crippen molar-refractivity contribution in [2.24, 2.45) is 0 Å². The van der Waals surface area contributed by atoms with Crippen LogP contribution in [0.3, 0.4) is 0 Å². The van der Waals surface area contributed by atoms with Gasteiger partial charge in [-0.1, -0.05) is 30.3 Å². The van der Waals surface area contributed by atoms with Crippen LogP contribution in [-0.2, 0) is 11.2 Å². The first-order valence-corrected chi connectivity index (χ1v) is 8.84. The van der Waals surface area contributed by atoms with E-state index in [1.807, 2.05) is 59.6 Å². The first-order chi connectivity index (χ1) is 12.8. The van der Waals surface area contributed by atoms with Crippen LogP contribution in [0, 0.1) is 0 Å². The van der Waals surface area contributed by atoms with Gasteiger partial charge in [0, 0.05) is 37.5 Å². The maximum atomic E-state index is 12.8. The summed E-state index contributed by atoms with van der Waals surface area (Å²) in [4.78, 5) is 14.7. The molecule has 1 aliphatic rings. The number of carbonyl (C=O) groups excluding carboxylic acids is 1. The molecule has 1 atom stereocenters. The van der Waals surface area contributed by atoms with E-state index in [9.17, 15) is 4.79 Å². The Bertz CT molecular complexity index is 845. The van der Waals surface area contributed by atoms with E-state index in [2.05, 4.69) is 17.2 Å². The van der Waals surface area contributed by atoms with Crippen molar-refractivity contribution in [3.63, 3.8) is 0 Å². The maximum absolute atomic E-state index is 12.8. The second-order valence-electron chi connectivity index (χ2n) is 6.43. The van der Waals surface area contributed by atoms with Gasteiger partial charge in [-0.2, -0.15) is 5.10 Å². The molecule has 1 aliphatic heterocycles. The second kappa shape index (κ2) is 7.54. The highest BCUT2D eigenvalue weighted by molar-refractivity contribution is 5.94. The molecule has 1 aromatic heterocycles. The summed E-state index contributed by atoms with van der Waals surface area (Å²) in [5.41, 5.74) is 2.87. The first kappa shape index (κ1) is 16.5. The van der Waals surface area contributed by atoms with Gasteiger partial charge in [-0.25, -0.2) is 4.68 Å². The van der Waals surface area contributed by atoms with Crippen molar-refractivity contribution in [3.8, 4) is 5.69 Å². The molecular formula is C21H21N3O2. The highest BCUT2D eigenvalue weighted by Gasteiger charge is 2.25. The number of carbonyl (C=O) groups is 1. The Morgan fingerprint density at radius 2 is 1.88 bits per heavy atom. The minimum Gasteiger partial charge on any atom is -0.374 e. The molecule has 4 rings (SSSR count). The predicted molar refractivity (Wildman–Crippen MR) is 99.4 cm³/mol. The number of hydrogen-bond donors (Lipinski definition) is 0. The van der Waals surface area contributed by atoms with Gasteiger partial charge in [-0.05, 0) is 35.9 Å². The van der Waals surface area contributed by atoms with Crippen molar-refractivity contribution in [2.45, 2.75) is 12.5 Å². The molecule has 0 saturated carbocycles. The number of nitrogens with zero attached hydrogens (tertiary/aromatic N) is 3. The van der Waals surface area contributed by atoms with E-state index in [0.717, 1.165) is 12.1 Å². The molecule has 5 heteroatoms. The molecule has 1 fully saturated rings. The quantitative estimate of drug-likeness (QED) is 0.729. The van der Waals surface area contributed by atoms with E-state index < -0.39 is 0 Å². The zero-order chi connectivity index (χ0) is 17.8. The third-order valence-electron chi connectivity index (χ3n) is 4.62. The highest BCUT2D eigenvalue weighted by Crippen LogP contribution is 2.16. The van der Waals surface area contributed by atoms with Crippen LogP contribution in [0.5, 0.6) is 0 Å². The Balaban J connectivity index is 1.42. The zero-order valence-electron chi connectivity index (χ0n) is 14.5. The molecule has 0 N–H and O–H groups in total. The summed E-state index contributed by atoms with van der Waals surface area (Å²) in [5.74, 6) is 0.0541. The van der Waals surface area contributed by atoms with Gasteiger partial charge in [0.05, 0.1) is 18.4 Å². The number of hydrogen-bond acceptors (Lipinski definition) is 3. The van der Waals surface area contributed by atoms with Gasteiger partial charge < -0.3 is 9.64 Å². The van der Waals surface area contributed by atoms with Crippen LogP contribution in [0.1, 0.15) is 15.9 Å². The molecule has 3 aromatic rings. The lowest BCUT2D eigenvalue weighted by atomic mass is 10.1. The Morgan fingerprint density at radius 3 is 2.62 bits per heavy atom. The van der Waals surface area contributed by atoms with E-state index in [-0.39, 0.29) is 12.0 Å². The van der Waals surface area contributed by atoms with Crippen LogP contribution in [0.25, 0.3) is 5.69 Å². The van der Waals surface area contributed by atoms with Crippen molar-refractivity contribution in [1.29, 1.82) is 0 Å². The van der Waals surface area contributed by atoms with Crippen LogP contribution in [0.2, 0.25) is 0 Å². The van der Waals surface area contributed by atoms with Crippen LogP contribution >= 0.6 is 0 Å². The Labute approximate surface area is 152 Å². The van der Waals surface area contributed by atoms with E-state index in [0.29, 0.717) is 25.3 Å². The van der Waals surface area contributed by atoms with Crippen LogP contribution in [0.15, 0.2) is 73.1 Å². The summed E-state index contributed by atoms with van der Waals surface area (Å²) in [6, 6.07) is 19.7. The SMILES string of the molecule is O=C(c1ccc(-n2cccn2)cc1)N1CCOC(Cc2ccccc2)C1. The summed E-state index contributed by atoms with van der Waals surface area (Å²) in [7, 11) is 0. The number of morpholine rings is 1. The van der Waals surface area contributed by atoms with Gasteiger partial charge in [0.1, 0.15) is 0 Å². The molecule has 0 radical (unpaired) electrons. The molecule has 132 valence electrons. The maximum Gasteiger partial charge on any atom is 0.254 e. The van der Waals surface area contributed by atoms with Gasteiger partial charge in [0.25, 0.3) is 5.91 Å². The van der Waals surface area contributed by atoms with Crippen molar-refractivity contribution in [3.05, 3.63) is 84.2 Å². The lowest BCUT2D eigenvalue weighted by Crippen LogP contribution is -2.46. The average molecular weight is 347 g/mol. The van der Waals surface area contributed by atoms with Crippen LogP contribution in [0.4, 0.5) is 0 Å². The molecule has 2 heterocycles. The highest BCUT2D eigenvalue weighted by atomic mass is 16.5. The van der Waals surface area contributed by atoms with E-state index in [1.165, 1.54) is 5.56 Å². The fraction of sp³-hybridized carbons (Fsp3) is 0.238. The van der Waals surface area contributed by atoms with E-state index in [1.54, 1.807) is 10.9 Å². The van der Waals surface area contributed by atoms with Crippen molar-refractivity contribution in [1.82, 2.24) is 14.7 Å². The molecular weight excluding hydrogens is 326 g/mol. The van der Waals surface area contributed by atoms with Crippen LogP contribution < -0.4 is 0 Å². The molecule has 1 unspecified atom stereocenters. The molecule has 0 spiro atoms. The number of amides is 1. The predicted octanol–water partition coefficient (Wildman–Crippen LogP) is 2.96. The molecule has 1 saturated heterocycles. The third-order valence-corrected chi connectivity index (χ3v) is 4.62. The smallest absolute Gasteiger partial charge is 0.254 e. The van der Waals surface area contributed by atoms with Gasteiger partial charge in [-0.3, -0.25) is 4.79 Å². The van der Waals surface area contributed by atoms with E-state index in [4.69, 9.17) is 4.74 Å². The van der Waals surface area contributed by atoms with Gasteiger partial charge in [0.2, 0.25) is 0 Å². The number of benzene rings is 2. The largest absolute Gasteiger partial charge is 0.374 e. The standard InChI is InChI=1S/C21H21N3O2/c25-21(18-7-9-19(10-8-18)24-12-4-11-22-24)23-13-14-26-20(16-23)15-17-5-2-1-3-6-17/h1-12,20H,13-16H2. The number of rotatable bonds is 4. The normalized spacial score (nSPS) is 17.2. The molecule has 1 amide bonds. The number of aromatic nitrogens is 2. The second-order valence-corrected chi connectivity index (χ2v) is 6.43. The lowest BCUT2D eigenvalue weighted by molar-refractivity contribution is -0.0208. The first-order valence-electron chi connectivity index (χ1n) is 8.84. The monoisotopic (exact) mass is 347 g/mol. The topological polar surface area (TPSA) is 47.4 Å². The summed E-state index contributed by atoms with van der Waals surface area (Å²) in [6.07, 6.45) is 4.48. The third kappa shape index (κ3) is 3.68. The van der Waals surface area contributed by atoms with Crippen molar-refractivity contribution in [2.75, 3.05) is 19.7 Å². The van der Waals surface area contributed by atoms with Gasteiger partial charge in [-0.15, -0.1) is 0 Å². The molecule has 0 aliphatic carbocycles. The van der Waals surface area contributed by atoms with Gasteiger partial charge >= 0.3 is 0 Å². The Hall–Kier alpha value is -2.92. The molecule has 26 heavy (non-hydrogen) atoms. The Morgan fingerprint density at radius 1 is 1.08 bits per heavy atom. The average Bonchev–Trinajstić information content (AvgIpc) is 3.23. The van der Waals surface area contributed by atoms with Crippen LogP contribution in [-0.4, -0.2) is 46.4 Å². The van der Waals surface area contributed by atoms with E-state index >= 15 is 0 Å². The molecule has 0 bridgehead atoms. The van der Waals surface area contributed by atoms with Crippen molar-refractivity contribution >= 4 is 5.91 Å². The summed E-state index contributed by atoms with van der Waals surface area (Å²) in [5, 5.41) is 4.21. The lowest BCUT2D eigenvalue weighted by Gasteiger charge is -2.33. The minimum absolute atomic E-state index is 0.0402. The fourth-order valence-corrected chi connectivity index (χ4v) is 3.27. The fourth-order valence-electron chi connectivity index (χ4n) is 3.27. The Kier molecular flexibility index (Phi) is 4.80. The zero-order valence-corrected chi connectivity index (χ0v) is 14.5. The summed E-state index contributed by atoms with van der Waals surface area (Å²) in [6.45, 7) is 1.83. The molecule has 2 aromatic carbocycles. The molecule has 5 nitrogen and oxygen atoms in total. The summed E-state index contributed by atoms with van der Waals surface area (Å²) < 4.78 is 7.64.